The third-order valence-corrected chi connectivity index (χ3v) is 5.62. The van der Waals surface area contributed by atoms with Gasteiger partial charge in [0.25, 0.3) is 0 Å². The van der Waals surface area contributed by atoms with E-state index in [0.29, 0.717) is 11.0 Å². The van der Waals surface area contributed by atoms with E-state index in [2.05, 4.69) is 0 Å². The molecule has 0 aromatic carbocycles. The minimum absolute atomic E-state index is 0.215. The molecule has 1 unspecified atom stereocenters. The molecule has 1 rings (SSSR count). The van der Waals surface area contributed by atoms with E-state index in [9.17, 15) is 18.0 Å². The summed E-state index contributed by atoms with van der Waals surface area (Å²) in [5.41, 5.74) is -5.53. The average Bonchev–Trinajstić information content (AvgIpc) is 2.42. The summed E-state index contributed by atoms with van der Waals surface area (Å²) in [6.07, 6.45) is 8.55. The second kappa shape index (κ2) is 11.8. The van der Waals surface area contributed by atoms with Crippen molar-refractivity contribution in [3.63, 3.8) is 0 Å². The highest BCUT2D eigenvalue weighted by atomic mass is 35.5. The number of Topliss-reactive ketones (excluding diaryl/α,β-unsaturated/α-hetero) is 1. The lowest BCUT2D eigenvalue weighted by Gasteiger charge is -2.19. The second-order valence-corrected chi connectivity index (χ2v) is 9.23. The second-order valence-electron chi connectivity index (χ2n) is 5.23. The van der Waals surface area contributed by atoms with Gasteiger partial charge in [-0.05, 0) is 31.4 Å². The maximum atomic E-state index is 11.5. The lowest BCUT2D eigenvalue weighted by molar-refractivity contribution is -0.119. The van der Waals surface area contributed by atoms with Crippen LogP contribution in [0.3, 0.4) is 0 Å². The summed E-state index contributed by atoms with van der Waals surface area (Å²) in [4.78, 5) is 11.3. The maximum absolute atomic E-state index is 11.5. The maximum Gasteiger partial charge on any atom is 0.522 e. The van der Waals surface area contributed by atoms with Gasteiger partial charge in [-0.25, -0.2) is 0 Å². The minimum Gasteiger partial charge on any atom is -0.298 e. The Bertz CT molecular complexity index is 470. The van der Waals surface area contributed by atoms with Crippen LogP contribution in [0.4, 0.5) is 13.2 Å². The molecule has 0 aromatic rings. The summed E-state index contributed by atoms with van der Waals surface area (Å²) in [5.74, 6) is 1.57. The first-order valence-corrected chi connectivity index (χ1v) is 10.8. The van der Waals surface area contributed by atoms with E-state index < -0.39 is 15.6 Å². The summed E-state index contributed by atoms with van der Waals surface area (Å²) >= 11 is 13.1. The van der Waals surface area contributed by atoms with Gasteiger partial charge in [-0.3, -0.25) is 9.35 Å². The number of thioether (sulfide) groups is 1. The number of unbranched alkanes of at least 4 members (excludes halogenated alkanes) is 2. The monoisotopic (exact) mass is 432 g/mol. The molecule has 0 spiro atoms. The van der Waals surface area contributed by atoms with Crippen LogP contribution in [-0.4, -0.2) is 40.1 Å². The van der Waals surface area contributed by atoms with Crippen LogP contribution >= 0.6 is 35.0 Å². The molecule has 0 saturated heterocycles. The summed E-state index contributed by atoms with van der Waals surface area (Å²) in [6, 6.07) is 0. The summed E-state index contributed by atoms with van der Waals surface area (Å²) in [7, 11) is -5.84. The highest BCUT2D eigenvalue weighted by molar-refractivity contribution is 8.00. The molecule has 1 aliphatic carbocycles. The summed E-state index contributed by atoms with van der Waals surface area (Å²) in [5, 5.41) is 0.294. The number of ketones is 1. The Balaban J connectivity index is 0.000000561. The number of hydrogen-bond donors (Lipinski definition) is 1. The molecule has 0 heterocycles. The standard InChI is InChI=1S/C12H20Cl2OS.CHF3O3S/c13-12(14)8-2-1-5-9-16-11-7-4-3-6-10(11)15;2-1(3,4)8(5,6)7/h11-12H,1-9H2;(H,5,6,7). The van der Waals surface area contributed by atoms with Crippen LogP contribution in [-0.2, 0) is 14.9 Å². The Morgan fingerprint density at radius 3 is 2.25 bits per heavy atom. The third kappa shape index (κ3) is 11.8. The van der Waals surface area contributed by atoms with Crippen LogP contribution in [0, 0.1) is 0 Å². The average molecular weight is 433 g/mol. The molecule has 11 heteroatoms. The molecule has 0 aromatic heterocycles. The molecule has 1 saturated carbocycles. The van der Waals surface area contributed by atoms with Crippen molar-refractivity contribution in [3.05, 3.63) is 0 Å². The third-order valence-electron chi connectivity index (χ3n) is 3.18. The number of carbonyl (C=O) groups is 1. The van der Waals surface area contributed by atoms with Crippen molar-refractivity contribution >= 4 is 50.9 Å². The molecule has 0 bridgehead atoms. The molecule has 1 atom stereocenters. The van der Waals surface area contributed by atoms with Crippen LogP contribution in [0.2, 0.25) is 0 Å². The van der Waals surface area contributed by atoms with Crippen LogP contribution in [0.25, 0.3) is 0 Å². The first kappa shape index (κ1) is 24.3. The van der Waals surface area contributed by atoms with Crippen LogP contribution in [0.5, 0.6) is 0 Å². The number of carbonyl (C=O) groups excluding carboxylic acids is 1. The van der Waals surface area contributed by atoms with E-state index in [0.717, 1.165) is 37.9 Å². The Kier molecular flexibility index (Phi) is 12.0. The lowest BCUT2D eigenvalue weighted by atomic mass is 9.99. The van der Waals surface area contributed by atoms with Crippen LogP contribution in [0.1, 0.15) is 51.4 Å². The van der Waals surface area contributed by atoms with Crippen LogP contribution in [0.15, 0.2) is 0 Å². The fraction of sp³-hybridized carbons (Fsp3) is 0.923. The van der Waals surface area contributed by atoms with Crippen molar-refractivity contribution in [3.8, 4) is 0 Å². The molecule has 1 N–H and O–H groups in total. The number of alkyl halides is 5. The van der Waals surface area contributed by atoms with E-state index in [-0.39, 0.29) is 4.84 Å². The molecule has 4 nitrogen and oxygen atoms in total. The smallest absolute Gasteiger partial charge is 0.298 e. The Hall–Kier alpha value is 0.300. The zero-order valence-corrected chi connectivity index (χ0v) is 16.0. The first-order valence-electron chi connectivity index (χ1n) is 7.41. The molecule has 0 aliphatic heterocycles. The van der Waals surface area contributed by atoms with Gasteiger partial charge in [0, 0.05) is 6.42 Å². The topological polar surface area (TPSA) is 71.4 Å². The Labute approximate surface area is 154 Å². The Morgan fingerprint density at radius 1 is 1.21 bits per heavy atom. The quantitative estimate of drug-likeness (QED) is 0.265. The van der Waals surface area contributed by atoms with Gasteiger partial charge in [0.05, 0.1) is 5.25 Å². The molecule has 0 amide bonds. The number of rotatable bonds is 7. The normalized spacial score (nSPS) is 19.1. The van der Waals surface area contributed by atoms with E-state index in [1.54, 1.807) is 0 Å². The molecule has 1 aliphatic rings. The van der Waals surface area contributed by atoms with Gasteiger partial charge in [0.2, 0.25) is 0 Å². The molecular weight excluding hydrogens is 412 g/mol. The zero-order chi connectivity index (χ0) is 18.8. The minimum atomic E-state index is -5.84. The van der Waals surface area contributed by atoms with Crippen molar-refractivity contribution in [2.45, 2.75) is 67.0 Å². The van der Waals surface area contributed by atoms with E-state index in [1.807, 2.05) is 11.8 Å². The van der Waals surface area contributed by atoms with Gasteiger partial charge in [0.15, 0.2) is 0 Å². The lowest BCUT2D eigenvalue weighted by Crippen LogP contribution is -2.21. The van der Waals surface area contributed by atoms with Crippen molar-refractivity contribution in [2.24, 2.45) is 0 Å². The molecule has 144 valence electrons. The fourth-order valence-electron chi connectivity index (χ4n) is 1.93. The molecule has 0 radical (unpaired) electrons. The number of hydrogen-bond acceptors (Lipinski definition) is 4. The van der Waals surface area contributed by atoms with Gasteiger partial charge in [-0.15, -0.1) is 23.2 Å². The highest BCUT2D eigenvalue weighted by Gasteiger charge is 2.44. The van der Waals surface area contributed by atoms with Crippen molar-refractivity contribution in [1.29, 1.82) is 0 Å². The number of halogens is 5. The van der Waals surface area contributed by atoms with Gasteiger partial charge in [-0.2, -0.15) is 33.4 Å². The van der Waals surface area contributed by atoms with E-state index in [1.165, 1.54) is 19.3 Å². The summed E-state index contributed by atoms with van der Waals surface area (Å²) in [6.45, 7) is 0. The van der Waals surface area contributed by atoms with E-state index >= 15 is 0 Å². The van der Waals surface area contributed by atoms with Gasteiger partial charge < -0.3 is 0 Å². The molecular formula is C13H21Cl2F3O4S2. The van der Waals surface area contributed by atoms with Gasteiger partial charge >= 0.3 is 15.6 Å². The predicted molar refractivity (Wildman–Crippen MR) is 91.3 cm³/mol. The van der Waals surface area contributed by atoms with Crippen molar-refractivity contribution in [2.75, 3.05) is 5.75 Å². The van der Waals surface area contributed by atoms with Crippen molar-refractivity contribution < 1.29 is 30.9 Å². The van der Waals surface area contributed by atoms with Gasteiger partial charge in [0.1, 0.15) is 10.6 Å². The van der Waals surface area contributed by atoms with Crippen molar-refractivity contribution in [1.82, 2.24) is 0 Å². The fourth-order valence-corrected chi connectivity index (χ4v) is 3.53. The molecule has 24 heavy (non-hydrogen) atoms. The van der Waals surface area contributed by atoms with Gasteiger partial charge in [-0.1, -0.05) is 19.3 Å². The first-order chi connectivity index (χ1) is 10.9. The Morgan fingerprint density at radius 2 is 1.79 bits per heavy atom. The largest absolute Gasteiger partial charge is 0.522 e. The van der Waals surface area contributed by atoms with Crippen LogP contribution < -0.4 is 0 Å². The highest BCUT2D eigenvalue weighted by Crippen LogP contribution is 2.26. The zero-order valence-electron chi connectivity index (χ0n) is 12.9. The summed E-state index contributed by atoms with van der Waals surface area (Å²) < 4.78 is 57.5. The molecule has 1 fully saturated rings. The predicted octanol–water partition coefficient (Wildman–Crippen LogP) is 4.99. The van der Waals surface area contributed by atoms with E-state index in [4.69, 9.17) is 36.2 Å². The SMILES string of the molecule is O=C1CCCCC1SCCCCCC(Cl)Cl.O=S(=O)(O)C(F)(F)F.